The van der Waals surface area contributed by atoms with Crippen LogP contribution in [0.5, 0.6) is 0 Å². The first-order valence-corrected chi connectivity index (χ1v) is 8.60. The summed E-state index contributed by atoms with van der Waals surface area (Å²) in [7, 11) is 0. The monoisotopic (exact) mass is 336 g/mol. The summed E-state index contributed by atoms with van der Waals surface area (Å²) in [5.74, 6) is 0.0146. The fraction of sp³-hybridized carbons (Fsp3) is 0.316. The number of nitrogens with one attached hydrogen (secondary N) is 1. The molecule has 0 radical (unpaired) electrons. The summed E-state index contributed by atoms with van der Waals surface area (Å²) in [5, 5.41) is 2.79. The highest BCUT2D eigenvalue weighted by Crippen LogP contribution is 2.33. The van der Waals surface area contributed by atoms with Gasteiger partial charge in [0.2, 0.25) is 0 Å². The van der Waals surface area contributed by atoms with Crippen molar-refractivity contribution in [1.82, 2.24) is 15.2 Å². The van der Waals surface area contributed by atoms with Crippen LogP contribution in [-0.2, 0) is 0 Å². The first-order valence-electron chi connectivity index (χ1n) is 8.60. The van der Waals surface area contributed by atoms with Crippen LogP contribution in [0.25, 0.3) is 0 Å². The van der Waals surface area contributed by atoms with E-state index < -0.39 is 0 Å². The van der Waals surface area contributed by atoms with E-state index in [0.29, 0.717) is 18.7 Å². The fourth-order valence-corrected chi connectivity index (χ4v) is 3.63. The van der Waals surface area contributed by atoms with Crippen LogP contribution >= 0.6 is 0 Å². The minimum absolute atomic E-state index is 0.0146. The van der Waals surface area contributed by atoms with E-state index in [1.54, 1.807) is 17.3 Å². The molecule has 2 aliphatic rings. The van der Waals surface area contributed by atoms with Crippen LogP contribution < -0.4 is 10.2 Å². The quantitative estimate of drug-likeness (QED) is 0.937. The summed E-state index contributed by atoms with van der Waals surface area (Å²) in [5.41, 5.74) is 2.51. The molecule has 25 heavy (non-hydrogen) atoms. The van der Waals surface area contributed by atoms with Gasteiger partial charge in [-0.15, -0.1) is 0 Å². The normalized spacial score (nSPS) is 20.0. The van der Waals surface area contributed by atoms with Crippen LogP contribution in [0, 0.1) is 0 Å². The van der Waals surface area contributed by atoms with Gasteiger partial charge in [-0.25, -0.2) is 4.79 Å². The van der Waals surface area contributed by atoms with Crippen LogP contribution in [0.3, 0.4) is 0 Å². The molecule has 3 heterocycles. The number of likely N-dealkylation sites (tertiary alicyclic amines) is 1. The van der Waals surface area contributed by atoms with Crippen molar-refractivity contribution in [3.05, 3.63) is 59.9 Å². The Labute approximate surface area is 146 Å². The molecule has 0 spiro atoms. The SMILES string of the molecule is O=C1NCCN1c1cccc(C(=O)N2CCC[C@@H]2c2ccncc2)c1. The molecule has 3 amide bonds. The standard InChI is InChI=1S/C19H20N4O2/c24-18(23-11-2-5-17(23)14-6-8-20-9-7-14)15-3-1-4-16(13-15)22-12-10-21-19(22)25/h1,3-4,6-9,13,17H,2,5,10-12H2,(H,21,25)/t17-/m1/s1. The van der Waals surface area contributed by atoms with Crippen LogP contribution in [0.2, 0.25) is 0 Å². The lowest BCUT2D eigenvalue weighted by Crippen LogP contribution is -2.31. The lowest BCUT2D eigenvalue weighted by atomic mass is 10.1. The molecule has 2 aromatic rings. The third kappa shape index (κ3) is 2.95. The molecule has 1 atom stereocenters. The molecule has 2 saturated heterocycles. The molecule has 0 unspecified atom stereocenters. The van der Waals surface area contributed by atoms with Gasteiger partial charge in [0.15, 0.2) is 0 Å². The third-order valence-electron chi connectivity index (χ3n) is 4.87. The first-order chi connectivity index (χ1) is 12.2. The topological polar surface area (TPSA) is 65.5 Å². The maximum atomic E-state index is 13.1. The average Bonchev–Trinajstić information content (AvgIpc) is 3.31. The van der Waals surface area contributed by atoms with Gasteiger partial charge in [-0.1, -0.05) is 6.07 Å². The van der Waals surface area contributed by atoms with Gasteiger partial charge >= 0.3 is 6.03 Å². The Morgan fingerprint density at radius 1 is 1.16 bits per heavy atom. The van der Waals surface area contributed by atoms with Crippen molar-refractivity contribution in [1.29, 1.82) is 0 Å². The highest BCUT2D eigenvalue weighted by molar-refractivity contribution is 5.98. The maximum Gasteiger partial charge on any atom is 0.321 e. The summed E-state index contributed by atoms with van der Waals surface area (Å²) < 4.78 is 0. The second kappa shape index (κ2) is 6.55. The van der Waals surface area contributed by atoms with Gasteiger partial charge in [0.1, 0.15) is 0 Å². The number of nitrogens with zero attached hydrogens (tertiary/aromatic N) is 3. The maximum absolute atomic E-state index is 13.1. The molecular weight excluding hydrogens is 316 g/mol. The summed E-state index contributed by atoms with van der Waals surface area (Å²) in [6.45, 7) is 2.01. The molecule has 1 N–H and O–H groups in total. The number of benzene rings is 1. The fourth-order valence-electron chi connectivity index (χ4n) is 3.63. The number of hydrogen-bond acceptors (Lipinski definition) is 3. The molecule has 2 fully saturated rings. The van der Waals surface area contributed by atoms with Crippen molar-refractivity contribution in [2.24, 2.45) is 0 Å². The molecule has 1 aromatic heterocycles. The zero-order chi connectivity index (χ0) is 17.2. The molecule has 6 heteroatoms. The summed E-state index contributed by atoms with van der Waals surface area (Å²) in [4.78, 5) is 32.6. The smallest absolute Gasteiger partial charge is 0.321 e. The highest BCUT2D eigenvalue weighted by atomic mass is 16.2. The Kier molecular flexibility index (Phi) is 4.09. The van der Waals surface area contributed by atoms with Gasteiger partial charge in [-0.2, -0.15) is 0 Å². The van der Waals surface area contributed by atoms with Gasteiger partial charge in [0.05, 0.1) is 6.04 Å². The van der Waals surface area contributed by atoms with Gasteiger partial charge in [0, 0.05) is 43.3 Å². The number of aromatic nitrogens is 1. The van der Waals surface area contributed by atoms with E-state index in [1.807, 2.05) is 41.3 Å². The number of rotatable bonds is 3. The van der Waals surface area contributed by atoms with Crippen molar-refractivity contribution in [3.63, 3.8) is 0 Å². The molecule has 2 aliphatic heterocycles. The van der Waals surface area contributed by atoms with E-state index in [1.165, 1.54) is 0 Å². The minimum atomic E-state index is -0.111. The molecule has 6 nitrogen and oxygen atoms in total. The van der Waals surface area contributed by atoms with Gasteiger partial charge in [0.25, 0.3) is 5.91 Å². The van der Waals surface area contributed by atoms with Crippen molar-refractivity contribution in [2.45, 2.75) is 18.9 Å². The zero-order valence-corrected chi connectivity index (χ0v) is 13.9. The Bertz CT molecular complexity index is 793. The Balaban J connectivity index is 1.59. The number of carbonyl (C=O) groups is 2. The van der Waals surface area contributed by atoms with Crippen molar-refractivity contribution in [2.75, 3.05) is 24.5 Å². The van der Waals surface area contributed by atoms with Crippen LogP contribution in [0.1, 0.15) is 34.8 Å². The third-order valence-corrected chi connectivity index (χ3v) is 4.87. The van der Waals surface area contributed by atoms with Gasteiger partial charge in [-0.3, -0.25) is 14.7 Å². The van der Waals surface area contributed by atoms with Crippen LogP contribution in [-0.4, -0.2) is 41.5 Å². The second-order valence-electron chi connectivity index (χ2n) is 6.37. The predicted octanol–water partition coefficient (Wildman–Crippen LogP) is 2.59. The number of amides is 3. The number of hydrogen-bond donors (Lipinski definition) is 1. The molecular formula is C19H20N4O2. The number of carbonyl (C=O) groups excluding carboxylic acids is 2. The van der Waals surface area contributed by atoms with Gasteiger partial charge in [-0.05, 0) is 48.7 Å². The first kappa shape index (κ1) is 15.6. The Morgan fingerprint density at radius 2 is 2.00 bits per heavy atom. The average molecular weight is 336 g/mol. The van der Waals surface area contributed by atoms with Crippen molar-refractivity contribution < 1.29 is 9.59 Å². The Morgan fingerprint density at radius 3 is 2.76 bits per heavy atom. The van der Waals surface area contributed by atoms with E-state index in [0.717, 1.165) is 30.6 Å². The number of urea groups is 1. The Hall–Kier alpha value is -2.89. The minimum Gasteiger partial charge on any atom is -0.336 e. The largest absolute Gasteiger partial charge is 0.336 e. The summed E-state index contributed by atoms with van der Waals surface area (Å²) >= 11 is 0. The second-order valence-corrected chi connectivity index (χ2v) is 6.37. The summed E-state index contributed by atoms with van der Waals surface area (Å²) in [6, 6.07) is 11.3. The van der Waals surface area contributed by atoms with Crippen LogP contribution in [0.15, 0.2) is 48.8 Å². The van der Waals surface area contributed by atoms with Crippen molar-refractivity contribution >= 4 is 17.6 Å². The predicted molar refractivity (Wildman–Crippen MR) is 94.4 cm³/mol. The van der Waals surface area contributed by atoms with E-state index >= 15 is 0 Å². The number of anilines is 1. The molecule has 1 aromatic carbocycles. The molecule has 128 valence electrons. The van der Waals surface area contributed by atoms with Crippen LogP contribution in [0.4, 0.5) is 10.5 Å². The van der Waals surface area contributed by atoms with Gasteiger partial charge < -0.3 is 10.2 Å². The lowest BCUT2D eigenvalue weighted by Gasteiger charge is -2.25. The number of pyridine rings is 1. The lowest BCUT2D eigenvalue weighted by molar-refractivity contribution is 0.0735. The van der Waals surface area contributed by atoms with Crippen molar-refractivity contribution in [3.8, 4) is 0 Å². The van der Waals surface area contributed by atoms with E-state index in [2.05, 4.69) is 10.3 Å². The molecule has 4 rings (SSSR count). The van der Waals surface area contributed by atoms with E-state index in [9.17, 15) is 9.59 Å². The van der Waals surface area contributed by atoms with E-state index in [4.69, 9.17) is 0 Å². The summed E-state index contributed by atoms with van der Waals surface area (Å²) in [6.07, 6.45) is 5.49. The van der Waals surface area contributed by atoms with E-state index in [-0.39, 0.29) is 18.0 Å². The molecule has 0 bridgehead atoms. The zero-order valence-electron chi connectivity index (χ0n) is 13.9. The molecule has 0 saturated carbocycles. The highest BCUT2D eigenvalue weighted by Gasteiger charge is 2.31. The molecule has 0 aliphatic carbocycles.